The molecule has 1 heterocycles. The van der Waals surface area contributed by atoms with Crippen LogP contribution in [-0.2, 0) is 0 Å². The Morgan fingerprint density at radius 2 is 1.89 bits per heavy atom. The number of hydrogen-bond donors (Lipinski definition) is 1. The minimum absolute atomic E-state index is 0.335. The minimum Gasteiger partial charge on any atom is -0.387 e. The van der Waals surface area contributed by atoms with Crippen LogP contribution in [0.2, 0.25) is 0 Å². The SMILES string of the molecule is Cc1ccc(C)c(C(O)CN2CC3CCCC3C2)c1. The molecule has 2 fully saturated rings. The maximum atomic E-state index is 10.5. The molecule has 1 aromatic rings. The van der Waals surface area contributed by atoms with Gasteiger partial charge in [0, 0.05) is 19.6 Å². The molecule has 19 heavy (non-hydrogen) atoms. The molecule has 3 unspecified atom stereocenters. The second kappa shape index (κ2) is 5.26. The fraction of sp³-hybridized carbons (Fsp3) is 0.647. The molecule has 0 spiro atoms. The number of aryl methyl sites for hydroxylation is 2. The van der Waals surface area contributed by atoms with E-state index in [4.69, 9.17) is 0 Å². The molecule has 1 saturated carbocycles. The number of β-amino-alcohol motifs (C(OH)–C–C–N with tert-alkyl or cyclic N) is 1. The number of hydrogen-bond acceptors (Lipinski definition) is 2. The van der Waals surface area contributed by atoms with E-state index in [2.05, 4.69) is 36.9 Å². The fourth-order valence-electron chi connectivity index (χ4n) is 3.94. The highest BCUT2D eigenvalue weighted by Crippen LogP contribution is 2.38. The van der Waals surface area contributed by atoms with Gasteiger partial charge in [-0.1, -0.05) is 30.2 Å². The average molecular weight is 259 g/mol. The van der Waals surface area contributed by atoms with Crippen molar-refractivity contribution in [3.05, 3.63) is 34.9 Å². The van der Waals surface area contributed by atoms with E-state index in [1.165, 1.54) is 43.5 Å². The Bertz CT molecular complexity index is 445. The van der Waals surface area contributed by atoms with Crippen molar-refractivity contribution < 1.29 is 5.11 Å². The van der Waals surface area contributed by atoms with E-state index in [1.807, 2.05) is 0 Å². The highest BCUT2D eigenvalue weighted by Gasteiger charge is 2.36. The summed E-state index contributed by atoms with van der Waals surface area (Å²) >= 11 is 0. The molecule has 1 aromatic carbocycles. The van der Waals surface area contributed by atoms with Crippen LogP contribution in [0.3, 0.4) is 0 Å². The predicted octanol–water partition coefficient (Wildman–Crippen LogP) is 3.07. The second-order valence-corrected chi connectivity index (χ2v) is 6.55. The molecule has 3 atom stereocenters. The van der Waals surface area contributed by atoms with Gasteiger partial charge in [-0.3, -0.25) is 4.90 Å². The molecule has 0 amide bonds. The normalized spacial score (nSPS) is 28.6. The maximum absolute atomic E-state index is 10.5. The Morgan fingerprint density at radius 1 is 1.21 bits per heavy atom. The number of aliphatic hydroxyl groups excluding tert-OH is 1. The van der Waals surface area contributed by atoms with Crippen LogP contribution in [0.1, 0.15) is 42.1 Å². The Kier molecular flexibility index (Phi) is 3.64. The van der Waals surface area contributed by atoms with Crippen molar-refractivity contribution in [2.24, 2.45) is 11.8 Å². The van der Waals surface area contributed by atoms with Crippen molar-refractivity contribution in [2.45, 2.75) is 39.2 Å². The zero-order valence-corrected chi connectivity index (χ0v) is 12.1. The van der Waals surface area contributed by atoms with E-state index in [9.17, 15) is 5.11 Å². The molecule has 2 nitrogen and oxygen atoms in total. The van der Waals surface area contributed by atoms with Gasteiger partial charge in [-0.05, 0) is 49.7 Å². The van der Waals surface area contributed by atoms with E-state index in [0.717, 1.165) is 23.9 Å². The second-order valence-electron chi connectivity index (χ2n) is 6.55. The fourth-order valence-corrected chi connectivity index (χ4v) is 3.94. The van der Waals surface area contributed by atoms with Crippen LogP contribution < -0.4 is 0 Å². The van der Waals surface area contributed by atoms with Crippen LogP contribution in [0.5, 0.6) is 0 Å². The zero-order chi connectivity index (χ0) is 13.4. The van der Waals surface area contributed by atoms with Crippen molar-refractivity contribution in [3.8, 4) is 0 Å². The zero-order valence-electron chi connectivity index (χ0n) is 12.1. The van der Waals surface area contributed by atoms with Crippen LogP contribution in [0.4, 0.5) is 0 Å². The summed E-state index contributed by atoms with van der Waals surface area (Å²) in [6.45, 7) is 7.39. The Hall–Kier alpha value is -0.860. The molecular weight excluding hydrogens is 234 g/mol. The monoisotopic (exact) mass is 259 g/mol. The van der Waals surface area contributed by atoms with Gasteiger partial charge < -0.3 is 5.11 Å². The molecule has 1 aliphatic carbocycles. The molecule has 2 heteroatoms. The van der Waals surface area contributed by atoms with Crippen LogP contribution in [0.15, 0.2) is 18.2 Å². The van der Waals surface area contributed by atoms with Crippen LogP contribution in [-0.4, -0.2) is 29.6 Å². The molecular formula is C17H25NO. The Balaban J connectivity index is 1.65. The lowest BCUT2D eigenvalue weighted by Crippen LogP contribution is -2.27. The van der Waals surface area contributed by atoms with Crippen molar-refractivity contribution >= 4 is 0 Å². The van der Waals surface area contributed by atoms with Crippen molar-refractivity contribution in [2.75, 3.05) is 19.6 Å². The third kappa shape index (κ3) is 2.70. The van der Waals surface area contributed by atoms with Gasteiger partial charge in [0.25, 0.3) is 0 Å². The van der Waals surface area contributed by atoms with Gasteiger partial charge in [-0.15, -0.1) is 0 Å². The average Bonchev–Trinajstić information content (AvgIpc) is 2.92. The van der Waals surface area contributed by atoms with Crippen LogP contribution in [0.25, 0.3) is 0 Å². The first-order chi connectivity index (χ1) is 9.13. The highest BCUT2D eigenvalue weighted by atomic mass is 16.3. The summed E-state index contributed by atoms with van der Waals surface area (Å²) in [5.74, 6) is 1.82. The maximum Gasteiger partial charge on any atom is 0.0919 e. The number of aliphatic hydroxyl groups is 1. The topological polar surface area (TPSA) is 23.5 Å². The van der Waals surface area contributed by atoms with E-state index in [0.29, 0.717) is 0 Å². The number of benzene rings is 1. The summed E-state index contributed by atoms with van der Waals surface area (Å²) in [5.41, 5.74) is 3.55. The van der Waals surface area contributed by atoms with Gasteiger partial charge in [0.2, 0.25) is 0 Å². The summed E-state index contributed by atoms with van der Waals surface area (Å²) in [4.78, 5) is 2.47. The van der Waals surface area contributed by atoms with E-state index >= 15 is 0 Å². The first-order valence-electron chi connectivity index (χ1n) is 7.61. The lowest BCUT2D eigenvalue weighted by molar-refractivity contribution is 0.121. The van der Waals surface area contributed by atoms with Crippen LogP contribution >= 0.6 is 0 Å². The summed E-state index contributed by atoms with van der Waals surface area (Å²) in [6.07, 6.45) is 3.89. The van der Waals surface area contributed by atoms with E-state index < -0.39 is 0 Å². The highest BCUT2D eigenvalue weighted by molar-refractivity contribution is 5.32. The van der Waals surface area contributed by atoms with Crippen molar-refractivity contribution in [1.29, 1.82) is 0 Å². The molecule has 1 aliphatic heterocycles. The summed E-state index contributed by atoms with van der Waals surface area (Å²) in [7, 11) is 0. The first-order valence-corrected chi connectivity index (χ1v) is 7.61. The van der Waals surface area contributed by atoms with Crippen LogP contribution in [0, 0.1) is 25.7 Å². The van der Waals surface area contributed by atoms with E-state index in [1.54, 1.807) is 0 Å². The molecule has 0 aromatic heterocycles. The summed E-state index contributed by atoms with van der Waals surface area (Å²) in [5, 5.41) is 10.5. The van der Waals surface area contributed by atoms with Gasteiger partial charge in [0.1, 0.15) is 0 Å². The third-order valence-corrected chi connectivity index (χ3v) is 5.03. The smallest absolute Gasteiger partial charge is 0.0919 e. The van der Waals surface area contributed by atoms with Gasteiger partial charge in [0.05, 0.1) is 6.10 Å². The standard InChI is InChI=1S/C17H25NO/c1-12-6-7-13(2)16(8-12)17(19)11-18-9-14-4-3-5-15(14)10-18/h6-8,14-15,17,19H,3-5,9-11H2,1-2H3. The van der Waals surface area contributed by atoms with Gasteiger partial charge in [0.15, 0.2) is 0 Å². The van der Waals surface area contributed by atoms with E-state index in [-0.39, 0.29) is 6.10 Å². The summed E-state index contributed by atoms with van der Waals surface area (Å²) < 4.78 is 0. The lowest BCUT2D eigenvalue weighted by Gasteiger charge is -2.22. The largest absolute Gasteiger partial charge is 0.387 e. The number of nitrogens with zero attached hydrogens (tertiary/aromatic N) is 1. The third-order valence-electron chi connectivity index (χ3n) is 5.03. The quantitative estimate of drug-likeness (QED) is 0.902. The number of fused-ring (bicyclic) bond motifs is 1. The van der Waals surface area contributed by atoms with Gasteiger partial charge in [-0.2, -0.15) is 0 Å². The molecule has 104 valence electrons. The first kappa shape index (κ1) is 13.1. The molecule has 3 rings (SSSR count). The molecule has 1 saturated heterocycles. The minimum atomic E-state index is -0.335. The van der Waals surface area contributed by atoms with Crippen molar-refractivity contribution in [3.63, 3.8) is 0 Å². The number of rotatable bonds is 3. The Morgan fingerprint density at radius 3 is 2.58 bits per heavy atom. The molecule has 0 radical (unpaired) electrons. The number of likely N-dealkylation sites (tertiary alicyclic amines) is 1. The molecule has 1 N–H and O–H groups in total. The predicted molar refractivity (Wildman–Crippen MR) is 78.1 cm³/mol. The Labute approximate surface area is 116 Å². The van der Waals surface area contributed by atoms with Gasteiger partial charge in [-0.25, -0.2) is 0 Å². The summed E-state index contributed by atoms with van der Waals surface area (Å²) in [6, 6.07) is 6.37. The molecule has 0 bridgehead atoms. The lowest BCUT2D eigenvalue weighted by atomic mass is 10.0. The molecule has 2 aliphatic rings. The van der Waals surface area contributed by atoms with Crippen molar-refractivity contribution in [1.82, 2.24) is 4.90 Å². The van der Waals surface area contributed by atoms with Gasteiger partial charge >= 0.3 is 0 Å².